The Hall–Kier alpha value is 0. The third kappa shape index (κ3) is 4.69. The van der Waals surface area contributed by atoms with Gasteiger partial charge in [-0.15, -0.1) is 0 Å². The molecule has 0 amide bonds. The molecule has 79 valence electrons. The van der Waals surface area contributed by atoms with Crippen LogP contribution in [-0.4, -0.2) is 0 Å². The zero-order chi connectivity index (χ0) is 10.5. The molecule has 0 nitrogen and oxygen atoms in total. The fourth-order valence-electron chi connectivity index (χ4n) is 2.22. The van der Waals surface area contributed by atoms with E-state index in [1.165, 1.54) is 19.3 Å². The summed E-state index contributed by atoms with van der Waals surface area (Å²) < 4.78 is 0. The summed E-state index contributed by atoms with van der Waals surface area (Å²) in [6.07, 6.45) is 5.02. The van der Waals surface area contributed by atoms with E-state index in [1.807, 2.05) is 0 Å². The smallest absolute Gasteiger partial charge is 0.0340 e. The van der Waals surface area contributed by atoms with Gasteiger partial charge in [0.15, 0.2) is 0 Å². The lowest BCUT2D eigenvalue weighted by atomic mass is 9.70. The number of rotatable bonds is 5. The van der Waals surface area contributed by atoms with E-state index in [1.54, 1.807) is 0 Å². The van der Waals surface area contributed by atoms with E-state index in [9.17, 15) is 0 Å². The van der Waals surface area contributed by atoms with E-state index in [0.29, 0.717) is 5.41 Å². The van der Waals surface area contributed by atoms with Gasteiger partial charge in [0.25, 0.3) is 0 Å². The van der Waals surface area contributed by atoms with Crippen LogP contribution in [0.4, 0.5) is 0 Å². The SMILES string of the molecule is [CH2]CCCC(C(C)CC)C(C)(C)C. The molecule has 0 aromatic carbocycles. The first-order valence-corrected chi connectivity index (χ1v) is 5.72. The molecule has 0 rings (SSSR count). The highest BCUT2D eigenvalue weighted by molar-refractivity contribution is 4.78. The first-order valence-electron chi connectivity index (χ1n) is 5.72. The first-order chi connectivity index (χ1) is 5.93. The lowest BCUT2D eigenvalue weighted by Gasteiger charge is -2.35. The van der Waals surface area contributed by atoms with Gasteiger partial charge in [0.1, 0.15) is 0 Å². The molecule has 0 spiro atoms. The van der Waals surface area contributed by atoms with Crippen LogP contribution >= 0.6 is 0 Å². The van der Waals surface area contributed by atoms with E-state index in [2.05, 4.69) is 41.5 Å². The van der Waals surface area contributed by atoms with Crippen LogP contribution < -0.4 is 0 Å². The summed E-state index contributed by atoms with van der Waals surface area (Å²) in [6.45, 7) is 15.7. The van der Waals surface area contributed by atoms with Gasteiger partial charge in [-0.25, -0.2) is 0 Å². The topological polar surface area (TPSA) is 0 Å². The van der Waals surface area contributed by atoms with E-state index in [4.69, 9.17) is 0 Å². The van der Waals surface area contributed by atoms with Crippen LogP contribution in [0.3, 0.4) is 0 Å². The molecule has 0 saturated heterocycles. The highest BCUT2D eigenvalue weighted by atomic mass is 14.3. The van der Waals surface area contributed by atoms with Crippen LogP contribution in [0.2, 0.25) is 0 Å². The summed E-state index contributed by atoms with van der Waals surface area (Å²) in [5, 5.41) is 0. The third-order valence-corrected chi connectivity index (χ3v) is 3.21. The summed E-state index contributed by atoms with van der Waals surface area (Å²) in [7, 11) is 0. The average molecular weight is 183 g/mol. The predicted molar refractivity (Wildman–Crippen MR) is 61.6 cm³/mol. The van der Waals surface area contributed by atoms with Gasteiger partial charge in [-0.05, 0) is 23.7 Å². The summed E-state index contributed by atoms with van der Waals surface area (Å²) in [5.74, 6) is 1.71. The summed E-state index contributed by atoms with van der Waals surface area (Å²) in [4.78, 5) is 0. The van der Waals surface area contributed by atoms with Crippen molar-refractivity contribution in [1.82, 2.24) is 0 Å². The maximum atomic E-state index is 3.92. The van der Waals surface area contributed by atoms with Crippen molar-refractivity contribution in [3.8, 4) is 0 Å². The van der Waals surface area contributed by atoms with Gasteiger partial charge in [0.2, 0.25) is 0 Å². The molecule has 0 N–H and O–H groups in total. The van der Waals surface area contributed by atoms with Gasteiger partial charge in [0, 0.05) is 0 Å². The normalized spacial score (nSPS) is 17.1. The fraction of sp³-hybridized carbons (Fsp3) is 0.923. The Balaban J connectivity index is 4.19. The van der Waals surface area contributed by atoms with E-state index in [-0.39, 0.29) is 0 Å². The summed E-state index contributed by atoms with van der Waals surface area (Å²) >= 11 is 0. The molecule has 0 aromatic rings. The predicted octanol–water partition coefficient (Wildman–Crippen LogP) is 4.70. The quantitative estimate of drug-likeness (QED) is 0.579. The van der Waals surface area contributed by atoms with Gasteiger partial charge in [-0.2, -0.15) is 0 Å². The molecule has 0 aliphatic heterocycles. The van der Waals surface area contributed by atoms with E-state index < -0.39 is 0 Å². The second-order valence-corrected chi connectivity index (χ2v) is 5.35. The lowest BCUT2D eigenvalue weighted by molar-refractivity contribution is 0.150. The van der Waals surface area contributed by atoms with Gasteiger partial charge < -0.3 is 0 Å². The Bertz CT molecular complexity index is 118. The third-order valence-electron chi connectivity index (χ3n) is 3.21. The van der Waals surface area contributed by atoms with Gasteiger partial charge in [-0.3, -0.25) is 0 Å². The zero-order valence-electron chi connectivity index (χ0n) is 10.2. The summed E-state index contributed by atoms with van der Waals surface area (Å²) in [6, 6.07) is 0. The Kier molecular flexibility index (Phi) is 5.67. The van der Waals surface area contributed by atoms with Crippen LogP contribution in [0.1, 0.15) is 60.3 Å². The average Bonchev–Trinajstić information content (AvgIpc) is 2.02. The first kappa shape index (κ1) is 13.0. The molecular weight excluding hydrogens is 156 g/mol. The molecule has 13 heavy (non-hydrogen) atoms. The Labute approximate surface area is 85.1 Å². The van der Waals surface area contributed by atoms with Crippen molar-refractivity contribution in [2.45, 2.75) is 60.3 Å². The van der Waals surface area contributed by atoms with Crippen LogP contribution in [-0.2, 0) is 0 Å². The largest absolute Gasteiger partial charge is 0.0651 e. The van der Waals surface area contributed by atoms with Crippen LogP contribution in [0.15, 0.2) is 0 Å². The zero-order valence-corrected chi connectivity index (χ0v) is 10.2. The molecule has 0 heterocycles. The second-order valence-electron chi connectivity index (χ2n) is 5.35. The molecular formula is C13H27. The molecule has 0 aliphatic carbocycles. The van der Waals surface area contributed by atoms with Crippen molar-refractivity contribution in [2.24, 2.45) is 17.3 Å². The highest BCUT2D eigenvalue weighted by Gasteiger charge is 2.27. The summed E-state index contributed by atoms with van der Waals surface area (Å²) in [5.41, 5.74) is 0.463. The van der Waals surface area contributed by atoms with E-state index in [0.717, 1.165) is 18.3 Å². The minimum atomic E-state index is 0.463. The van der Waals surface area contributed by atoms with Crippen LogP contribution in [0.5, 0.6) is 0 Å². The minimum Gasteiger partial charge on any atom is -0.0651 e. The molecule has 0 aliphatic rings. The minimum absolute atomic E-state index is 0.463. The molecule has 0 heteroatoms. The Morgan fingerprint density at radius 1 is 1.23 bits per heavy atom. The Morgan fingerprint density at radius 3 is 2.08 bits per heavy atom. The van der Waals surface area contributed by atoms with Crippen molar-refractivity contribution >= 4 is 0 Å². The maximum absolute atomic E-state index is 3.92. The fourth-order valence-corrected chi connectivity index (χ4v) is 2.22. The van der Waals surface area contributed by atoms with Crippen molar-refractivity contribution in [1.29, 1.82) is 0 Å². The monoisotopic (exact) mass is 183 g/mol. The van der Waals surface area contributed by atoms with Crippen LogP contribution in [0, 0.1) is 24.2 Å². The van der Waals surface area contributed by atoms with Crippen molar-refractivity contribution in [3.05, 3.63) is 6.92 Å². The molecule has 0 bridgehead atoms. The number of hydrogen-bond acceptors (Lipinski definition) is 0. The molecule has 0 aromatic heterocycles. The van der Waals surface area contributed by atoms with Gasteiger partial charge >= 0.3 is 0 Å². The molecule has 1 radical (unpaired) electrons. The van der Waals surface area contributed by atoms with Crippen molar-refractivity contribution < 1.29 is 0 Å². The molecule has 2 unspecified atom stereocenters. The second kappa shape index (κ2) is 5.67. The number of hydrogen-bond donors (Lipinski definition) is 0. The van der Waals surface area contributed by atoms with Gasteiger partial charge in [0.05, 0.1) is 0 Å². The molecule has 0 fully saturated rings. The standard InChI is InChI=1S/C13H27/c1-7-9-10-12(11(3)8-2)13(4,5)6/h11-12H,1,7-10H2,2-6H3. The number of unbranched alkanes of at least 4 members (excludes halogenated alkanes) is 1. The molecule has 0 saturated carbocycles. The molecule has 2 atom stereocenters. The van der Waals surface area contributed by atoms with E-state index >= 15 is 0 Å². The Morgan fingerprint density at radius 2 is 1.77 bits per heavy atom. The van der Waals surface area contributed by atoms with Gasteiger partial charge in [-0.1, -0.05) is 60.8 Å². The van der Waals surface area contributed by atoms with Crippen molar-refractivity contribution in [2.75, 3.05) is 0 Å². The van der Waals surface area contributed by atoms with Crippen molar-refractivity contribution in [3.63, 3.8) is 0 Å². The highest BCUT2D eigenvalue weighted by Crippen LogP contribution is 2.37. The van der Waals surface area contributed by atoms with Crippen LogP contribution in [0.25, 0.3) is 0 Å². The maximum Gasteiger partial charge on any atom is -0.0340 e. The lowest BCUT2D eigenvalue weighted by Crippen LogP contribution is -2.26.